The van der Waals surface area contributed by atoms with Crippen LogP contribution in [0.3, 0.4) is 0 Å². The van der Waals surface area contributed by atoms with Gasteiger partial charge in [0.05, 0.1) is 5.60 Å². The molecule has 2 aliphatic rings. The highest BCUT2D eigenvalue weighted by atomic mass is 16.3. The van der Waals surface area contributed by atoms with Gasteiger partial charge < -0.3 is 5.11 Å². The summed E-state index contributed by atoms with van der Waals surface area (Å²) in [5.74, 6) is 0. The van der Waals surface area contributed by atoms with Crippen molar-refractivity contribution in [1.82, 2.24) is 0 Å². The van der Waals surface area contributed by atoms with Crippen LogP contribution in [0, 0.1) is 5.41 Å². The van der Waals surface area contributed by atoms with E-state index in [-0.39, 0.29) is 5.60 Å². The molecule has 0 radical (unpaired) electrons. The molecule has 2 saturated carbocycles. The SMILES string of the molecule is OC1(CCc2ccccc2)CCC2(CCCC2)CC1. The Morgan fingerprint density at radius 3 is 2.11 bits per heavy atom. The molecule has 0 atom stereocenters. The summed E-state index contributed by atoms with van der Waals surface area (Å²) in [4.78, 5) is 0. The zero-order valence-corrected chi connectivity index (χ0v) is 11.9. The number of benzene rings is 1. The smallest absolute Gasteiger partial charge is 0.0651 e. The number of hydrogen-bond donors (Lipinski definition) is 1. The first-order chi connectivity index (χ1) is 9.20. The highest BCUT2D eigenvalue weighted by Gasteiger charge is 2.42. The Balaban J connectivity index is 1.54. The molecule has 1 aromatic rings. The molecule has 2 fully saturated rings. The van der Waals surface area contributed by atoms with Gasteiger partial charge in [0, 0.05) is 0 Å². The van der Waals surface area contributed by atoms with Gasteiger partial charge >= 0.3 is 0 Å². The molecule has 0 bridgehead atoms. The van der Waals surface area contributed by atoms with Gasteiger partial charge in [-0.3, -0.25) is 0 Å². The Morgan fingerprint density at radius 2 is 1.47 bits per heavy atom. The minimum atomic E-state index is -0.385. The molecule has 19 heavy (non-hydrogen) atoms. The van der Waals surface area contributed by atoms with Gasteiger partial charge in [-0.2, -0.15) is 0 Å². The van der Waals surface area contributed by atoms with Crippen LogP contribution in [0.5, 0.6) is 0 Å². The zero-order chi connectivity index (χ0) is 13.2. The van der Waals surface area contributed by atoms with E-state index in [0.29, 0.717) is 5.41 Å². The van der Waals surface area contributed by atoms with E-state index in [1.165, 1.54) is 44.1 Å². The van der Waals surface area contributed by atoms with Crippen molar-refractivity contribution in [2.24, 2.45) is 5.41 Å². The molecule has 1 N–H and O–H groups in total. The van der Waals surface area contributed by atoms with E-state index in [2.05, 4.69) is 30.3 Å². The summed E-state index contributed by atoms with van der Waals surface area (Å²) in [5, 5.41) is 10.8. The summed E-state index contributed by atoms with van der Waals surface area (Å²) >= 11 is 0. The van der Waals surface area contributed by atoms with Gasteiger partial charge in [-0.05, 0) is 62.3 Å². The molecule has 104 valence electrons. The van der Waals surface area contributed by atoms with Crippen molar-refractivity contribution in [1.29, 1.82) is 0 Å². The molecule has 0 aliphatic heterocycles. The lowest BCUT2D eigenvalue weighted by molar-refractivity contribution is -0.0385. The van der Waals surface area contributed by atoms with Crippen LogP contribution in [-0.4, -0.2) is 10.7 Å². The van der Waals surface area contributed by atoms with Gasteiger partial charge in [0.25, 0.3) is 0 Å². The first kappa shape index (κ1) is 13.2. The number of hydrogen-bond acceptors (Lipinski definition) is 1. The van der Waals surface area contributed by atoms with Crippen molar-refractivity contribution in [3.63, 3.8) is 0 Å². The molecule has 0 saturated heterocycles. The number of aryl methyl sites for hydroxylation is 1. The lowest BCUT2D eigenvalue weighted by Gasteiger charge is -2.42. The topological polar surface area (TPSA) is 20.2 Å². The van der Waals surface area contributed by atoms with Crippen molar-refractivity contribution in [3.8, 4) is 0 Å². The summed E-state index contributed by atoms with van der Waals surface area (Å²) in [7, 11) is 0. The Kier molecular flexibility index (Phi) is 3.66. The van der Waals surface area contributed by atoms with E-state index in [9.17, 15) is 5.11 Å². The zero-order valence-electron chi connectivity index (χ0n) is 11.9. The van der Waals surface area contributed by atoms with Crippen LogP contribution in [0.25, 0.3) is 0 Å². The average Bonchev–Trinajstić information content (AvgIpc) is 2.91. The molecule has 0 heterocycles. The molecule has 0 amide bonds. The maximum atomic E-state index is 10.8. The second-order valence-corrected chi connectivity index (χ2v) is 6.92. The molecule has 1 nitrogen and oxygen atoms in total. The van der Waals surface area contributed by atoms with Crippen LogP contribution >= 0.6 is 0 Å². The van der Waals surface area contributed by atoms with E-state index >= 15 is 0 Å². The minimum Gasteiger partial charge on any atom is -0.390 e. The Labute approximate surface area is 117 Å². The number of aliphatic hydroxyl groups is 1. The van der Waals surface area contributed by atoms with E-state index in [1.54, 1.807) is 0 Å². The van der Waals surface area contributed by atoms with Crippen molar-refractivity contribution in [2.75, 3.05) is 0 Å². The lowest BCUT2D eigenvalue weighted by atomic mass is 9.66. The normalized spacial score (nSPS) is 24.7. The van der Waals surface area contributed by atoms with Gasteiger partial charge in [0.1, 0.15) is 0 Å². The molecule has 1 aromatic carbocycles. The van der Waals surface area contributed by atoms with E-state index in [0.717, 1.165) is 25.7 Å². The molecular weight excluding hydrogens is 232 g/mol. The molecule has 3 rings (SSSR count). The summed E-state index contributed by atoms with van der Waals surface area (Å²) in [5.41, 5.74) is 1.60. The maximum absolute atomic E-state index is 10.8. The van der Waals surface area contributed by atoms with Crippen LogP contribution < -0.4 is 0 Å². The van der Waals surface area contributed by atoms with Crippen molar-refractivity contribution < 1.29 is 5.11 Å². The second-order valence-electron chi connectivity index (χ2n) is 6.92. The molecule has 1 heteroatoms. The molecule has 1 spiro atoms. The Hall–Kier alpha value is -0.820. The summed E-state index contributed by atoms with van der Waals surface area (Å²) < 4.78 is 0. The number of rotatable bonds is 3. The van der Waals surface area contributed by atoms with Crippen LogP contribution in [0.2, 0.25) is 0 Å². The van der Waals surface area contributed by atoms with Crippen molar-refractivity contribution >= 4 is 0 Å². The predicted octanol–water partition coefficient (Wildman–Crippen LogP) is 4.48. The van der Waals surface area contributed by atoms with Crippen LogP contribution in [0.15, 0.2) is 30.3 Å². The highest BCUT2D eigenvalue weighted by Crippen LogP contribution is 2.51. The van der Waals surface area contributed by atoms with Gasteiger partial charge in [0.15, 0.2) is 0 Å². The van der Waals surface area contributed by atoms with E-state index in [4.69, 9.17) is 0 Å². The fraction of sp³-hybridized carbons (Fsp3) is 0.667. The van der Waals surface area contributed by atoms with Crippen LogP contribution in [0.1, 0.15) is 63.4 Å². The minimum absolute atomic E-state index is 0.385. The Morgan fingerprint density at radius 1 is 0.842 bits per heavy atom. The fourth-order valence-electron chi connectivity index (χ4n) is 4.14. The molecule has 0 unspecified atom stereocenters. The predicted molar refractivity (Wildman–Crippen MR) is 79.1 cm³/mol. The first-order valence-corrected chi connectivity index (χ1v) is 7.96. The average molecular weight is 258 g/mol. The van der Waals surface area contributed by atoms with Gasteiger partial charge in [0.2, 0.25) is 0 Å². The molecule has 0 aromatic heterocycles. The van der Waals surface area contributed by atoms with Crippen LogP contribution in [0.4, 0.5) is 0 Å². The first-order valence-electron chi connectivity index (χ1n) is 7.96. The van der Waals surface area contributed by atoms with Gasteiger partial charge in [-0.15, -0.1) is 0 Å². The maximum Gasteiger partial charge on any atom is 0.0651 e. The molecular formula is C18H26O. The third-order valence-corrected chi connectivity index (χ3v) is 5.63. The summed E-state index contributed by atoms with van der Waals surface area (Å²) in [6, 6.07) is 10.6. The highest BCUT2D eigenvalue weighted by molar-refractivity contribution is 5.15. The standard InChI is InChI=1S/C18H26O/c19-18(11-8-16-6-2-1-3-7-16)14-12-17(13-15-18)9-4-5-10-17/h1-3,6-7,19H,4-5,8-15H2. The Bertz CT molecular complexity index is 393. The van der Waals surface area contributed by atoms with Crippen LogP contribution in [-0.2, 0) is 6.42 Å². The largest absolute Gasteiger partial charge is 0.390 e. The van der Waals surface area contributed by atoms with Crippen molar-refractivity contribution in [3.05, 3.63) is 35.9 Å². The lowest BCUT2D eigenvalue weighted by Crippen LogP contribution is -2.38. The van der Waals surface area contributed by atoms with E-state index < -0.39 is 0 Å². The monoisotopic (exact) mass is 258 g/mol. The summed E-state index contributed by atoms with van der Waals surface area (Å²) in [6.07, 6.45) is 12.2. The fourth-order valence-corrected chi connectivity index (χ4v) is 4.14. The third-order valence-electron chi connectivity index (χ3n) is 5.63. The molecule has 2 aliphatic carbocycles. The van der Waals surface area contributed by atoms with E-state index in [1.807, 2.05) is 0 Å². The summed E-state index contributed by atoms with van der Waals surface area (Å²) in [6.45, 7) is 0. The van der Waals surface area contributed by atoms with Crippen molar-refractivity contribution in [2.45, 2.75) is 69.8 Å². The van der Waals surface area contributed by atoms with Gasteiger partial charge in [-0.25, -0.2) is 0 Å². The third kappa shape index (κ3) is 3.02. The van der Waals surface area contributed by atoms with Gasteiger partial charge in [-0.1, -0.05) is 43.2 Å². The quantitative estimate of drug-likeness (QED) is 0.847. The second kappa shape index (κ2) is 5.28.